The van der Waals surface area contributed by atoms with Crippen LogP contribution in [0.25, 0.3) is 27.7 Å². The van der Waals surface area contributed by atoms with Gasteiger partial charge in [0.05, 0.1) is 10.6 Å². The van der Waals surface area contributed by atoms with Gasteiger partial charge in [-0.05, 0) is 38.3 Å². The van der Waals surface area contributed by atoms with Crippen LogP contribution >= 0.6 is 0 Å². The minimum atomic E-state index is -3.57. The molecule has 1 saturated heterocycles. The summed E-state index contributed by atoms with van der Waals surface area (Å²) in [5.74, 6) is 0.687. The molecule has 1 aliphatic heterocycles. The van der Waals surface area contributed by atoms with Gasteiger partial charge >= 0.3 is 0 Å². The zero-order valence-corrected chi connectivity index (χ0v) is 18.6. The fourth-order valence-corrected chi connectivity index (χ4v) is 6.11. The highest BCUT2D eigenvalue weighted by Crippen LogP contribution is 2.32. The zero-order valence-electron chi connectivity index (χ0n) is 17.7. The summed E-state index contributed by atoms with van der Waals surface area (Å²) in [6.45, 7) is 4.88. The highest BCUT2D eigenvalue weighted by Gasteiger charge is 2.27. The average molecular weight is 436 g/mol. The molecule has 0 aliphatic carbocycles. The van der Waals surface area contributed by atoms with Gasteiger partial charge in [-0.15, -0.1) is 10.2 Å². The lowest BCUT2D eigenvalue weighted by molar-refractivity contribution is 0.423. The third-order valence-corrected chi connectivity index (χ3v) is 8.10. The Labute approximate surface area is 181 Å². The first-order chi connectivity index (χ1) is 15.0. The topological polar surface area (TPSA) is 80.5 Å². The summed E-state index contributed by atoms with van der Waals surface area (Å²) >= 11 is 0. The number of aryl methyl sites for hydroxylation is 2. The van der Waals surface area contributed by atoms with Crippen LogP contribution in [-0.2, 0) is 10.0 Å². The van der Waals surface area contributed by atoms with E-state index in [1.807, 2.05) is 50.2 Å². The number of hydrogen-bond acceptors (Lipinski definition) is 5. The number of rotatable bonds is 3. The van der Waals surface area contributed by atoms with E-state index in [4.69, 9.17) is 5.10 Å². The third-order valence-electron chi connectivity index (χ3n) is 6.06. The third kappa shape index (κ3) is 3.40. The number of hydrogen-bond donors (Lipinski definition) is 0. The van der Waals surface area contributed by atoms with Gasteiger partial charge in [0.2, 0.25) is 10.0 Å². The molecule has 0 N–H and O–H groups in total. The van der Waals surface area contributed by atoms with Gasteiger partial charge in [0.15, 0.2) is 11.5 Å². The predicted molar refractivity (Wildman–Crippen MR) is 120 cm³/mol. The summed E-state index contributed by atoms with van der Waals surface area (Å²) in [7, 11) is -3.57. The summed E-state index contributed by atoms with van der Waals surface area (Å²) in [6, 6.07) is 13.5. The Hall–Kier alpha value is -2.84. The Kier molecular flexibility index (Phi) is 4.98. The van der Waals surface area contributed by atoms with Crippen LogP contribution in [0.3, 0.4) is 0 Å². The van der Waals surface area contributed by atoms with Crippen LogP contribution in [0, 0.1) is 13.8 Å². The van der Waals surface area contributed by atoms with Crippen molar-refractivity contribution in [1.82, 2.24) is 24.1 Å². The molecule has 0 atom stereocenters. The van der Waals surface area contributed by atoms with Gasteiger partial charge in [-0.1, -0.05) is 49.2 Å². The molecule has 31 heavy (non-hydrogen) atoms. The number of sulfonamides is 1. The van der Waals surface area contributed by atoms with E-state index < -0.39 is 10.0 Å². The number of fused-ring (bicyclic) bond motifs is 3. The quantitative estimate of drug-likeness (QED) is 0.483. The molecule has 8 heteroatoms. The van der Waals surface area contributed by atoms with Gasteiger partial charge in [-0.2, -0.15) is 13.9 Å². The molecule has 0 spiro atoms. The Morgan fingerprint density at radius 3 is 2.32 bits per heavy atom. The number of nitrogens with zero attached hydrogens (tertiary/aromatic N) is 5. The molecule has 1 fully saturated rings. The van der Waals surface area contributed by atoms with Crippen molar-refractivity contribution in [3.8, 4) is 11.3 Å². The molecule has 5 rings (SSSR count). The second kappa shape index (κ2) is 7.69. The van der Waals surface area contributed by atoms with Crippen molar-refractivity contribution in [1.29, 1.82) is 0 Å². The largest absolute Gasteiger partial charge is 0.243 e. The summed E-state index contributed by atoms with van der Waals surface area (Å²) in [6.07, 6.45) is 3.99. The lowest BCUT2D eigenvalue weighted by atomic mass is 10.0. The standard InChI is InChI=1S/C23H25N5O2S/c1-16-11-12-18(15-21(16)31(29,30)27-13-7-3-4-8-14-27)22-19-9-5-6-10-20(19)23-25-24-17(2)28(23)26-22/h5-6,9-12,15H,3-4,7-8,13-14H2,1-2H3. The molecule has 0 radical (unpaired) electrons. The van der Waals surface area contributed by atoms with Gasteiger partial charge in [-0.3, -0.25) is 0 Å². The van der Waals surface area contributed by atoms with E-state index in [1.165, 1.54) is 0 Å². The molecule has 0 bridgehead atoms. The molecule has 2 aromatic heterocycles. The molecule has 0 saturated carbocycles. The minimum Gasteiger partial charge on any atom is -0.207 e. The van der Waals surface area contributed by atoms with Crippen LogP contribution in [0.15, 0.2) is 47.4 Å². The lowest BCUT2D eigenvalue weighted by Gasteiger charge is -2.21. The van der Waals surface area contributed by atoms with Crippen molar-refractivity contribution in [3.05, 3.63) is 53.9 Å². The second-order valence-electron chi connectivity index (χ2n) is 8.18. The Balaban J connectivity index is 1.70. The summed E-state index contributed by atoms with van der Waals surface area (Å²) in [4.78, 5) is 0.360. The zero-order chi connectivity index (χ0) is 21.6. The second-order valence-corrected chi connectivity index (χ2v) is 10.1. The summed E-state index contributed by atoms with van der Waals surface area (Å²) in [5.41, 5.74) is 2.93. The number of benzene rings is 2. The normalized spacial score (nSPS) is 16.1. The molecule has 0 unspecified atom stereocenters. The van der Waals surface area contributed by atoms with Crippen molar-refractivity contribution >= 4 is 26.4 Å². The highest BCUT2D eigenvalue weighted by atomic mass is 32.2. The molecule has 4 aromatic rings. The average Bonchev–Trinajstić information content (AvgIpc) is 2.97. The maximum absolute atomic E-state index is 13.5. The van der Waals surface area contributed by atoms with Crippen molar-refractivity contribution in [2.75, 3.05) is 13.1 Å². The SMILES string of the molecule is Cc1ccc(-c2nn3c(C)nnc3c3ccccc23)cc1S(=O)(=O)N1CCCCCC1. The van der Waals surface area contributed by atoms with E-state index in [1.54, 1.807) is 14.9 Å². The smallest absolute Gasteiger partial charge is 0.207 e. The fraction of sp³-hybridized carbons (Fsp3) is 0.348. The molecule has 2 aromatic carbocycles. The van der Waals surface area contributed by atoms with Crippen molar-refractivity contribution in [3.63, 3.8) is 0 Å². The van der Waals surface area contributed by atoms with Gasteiger partial charge in [-0.25, -0.2) is 8.42 Å². The monoisotopic (exact) mass is 435 g/mol. The highest BCUT2D eigenvalue weighted by molar-refractivity contribution is 7.89. The van der Waals surface area contributed by atoms with Gasteiger partial charge in [0.1, 0.15) is 0 Å². The molecular weight excluding hydrogens is 410 g/mol. The lowest BCUT2D eigenvalue weighted by Crippen LogP contribution is -2.32. The first-order valence-corrected chi connectivity index (χ1v) is 12.1. The minimum absolute atomic E-state index is 0.360. The van der Waals surface area contributed by atoms with Crippen LogP contribution in [0.2, 0.25) is 0 Å². The Bertz CT molecular complexity index is 1390. The Morgan fingerprint density at radius 1 is 0.871 bits per heavy atom. The molecule has 7 nitrogen and oxygen atoms in total. The van der Waals surface area contributed by atoms with Crippen molar-refractivity contribution in [2.45, 2.75) is 44.4 Å². The van der Waals surface area contributed by atoms with E-state index >= 15 is 0 Å². The first kappa shape index (κ1) is 20.1. The molecule has 160 valence electrons. The van der Waals surface area contributed by atoms with Crippen LogP contribution < -0.4 is 0 Å². The summed E-state index contributed by atoms with van der Waals surface area (Å²) in [5, 5.41) is 15.1. The maximum Gasteiger partial charge on any atom is 0.243 e. The maximum atomic E-state index is 13.5. The molecule has 0 amide bonds. The number of aromatic nitrogens is 4. The first-order valence-electron chi connectivity index (χ1n) is 10.7. The molecule has 1 aliphatic rings. The van der Waals surface area contributed by atoms with E-state index in [2.05, 4.69) is 10.2 Å². The van der Waals surface area contributed by atoms with E-state index in [9.17, 15) is 8.42 Å². The van der Waals surface area contributed by atoms with E-state index in [0.29, 0.717) is 29.5 Å². The fourth-order valence-electron chi connectivity index (χ4n) is 4.34. The van der Waals surface area contributed by atoms with Crippen molar-refractivity contribution in [2.24, 2.45) is 0 Å². The van der Waals surface area contributed by atoms with Crippen LogP contribution in [0.4, 0.5) is 0 Å². The van der Waals surface area contributed by atoms with Crippen molar-refractivity contribution < 1.29 is 8.42 Å². The van der Waals surface area contributed by atoms with Crippen LogP contribution in [0.5, 0.6) is 0 Å². The van der Waals surface area contributed by atoms with Gasteiger partial charge in [0.25, 0.3) is 0 Å². The summed E-state index contributed by atoms with van der Waals surface area (Å²) < 4.78 is 30.4. The van der Waals surface area contributed by atoms with Gasteiger partial charge in [0, 0.05) is 29.4 Å². The molecular formula is C23H25N5O2S. The van der Waals surface area contributed by atoms with E-state index in [-0.39, 0.29) is 0 Å². The van der Waals surface area contributed by atoms with Gasteiger partial charge < -0.3 is 0 Å². The van der Waals surface area contributed by atoms with Crippen LogP contribution in [-0.4, -0.2) is 45.6 Å². The Morgan fingerprint density at radius 2 is 1.58 bits per heavy atom. The van der Waals surface area contributed by atoms with E-state index in [0.717, 1.165) is 53.3 Å². The van der Waals surface area contributed by atoms with Crippen LogP contribution in [0.1, 0.15) is 37.1 Å². The predicted octanol–water partition coefficient (Wildman–Crippen LogP) is 4.13. The molecule has 3 heterocycles.